The molecular formula is C10H7ClN2O2. The van der Waals surface area contributed by atoms with Gasteiger partial charge in [-0.05, 0) is 23.8 Å². The molecule has 1 aromatic carbocycles. The summed E-state index contributed by atoms with van der Waals surface area (Å²) in [4.78, 5) is 10.3. The molecule has 0 aliphatic rings. The highest BCUT2D eigenvalue weighted by molar-refractivity contribution is 6.35. The van der Waals surface area contributed by atoms with Crippen LogP contribution >= 0.6 is 11.6 Å². The number of carboxylic acids is 1. The first-order valence-corrected chi connectivity index (χ1v) is 4.58. The summed E-state index contributed by atoms with van der Waals surface area (Å²) in [6.45, 7) is 0. The zero-order valence-electron chi connectivity index (χ0n) is 7.57. The molecule has 0 radical (unpaired) electrons. The first-order chi connectivity index (χ1) is 7.16. The van der Waals surface area contributed by atoms with Gasteiger partial charge in [0.05, 0.1) is 16.7 Å². The van der Waals surface area contributed by atoms with Gasteiger partial charge in [0.1, 0.15) is 0 Å². The van der Waals surface area contributed by atoms with E-state index in [1.54, 1.807) is 12.3 Å². The molecule has 1 heterocycles. The topological polar surface area (TPSA) is 66.0 Å². The van der Waals surface area contributed by atoms with Crippen LogP contribution in [0.25, 0.3) is 17.0 Å². The van der Waals surface area contributed by atoms with E-state index in [-0.39, 0.29) is 0 Å². The second kappa shape index (κ2) is 3.74. The molecule has 0 aliphatic carbocycles. The third kappa shape index (κ3) is 1.99. The van der Waals surface area contributed by atoms with Gasteiger partial charge < -0.3 is 5.11 Å². The van der Waals surface area contributed by atoms with E-state index in [1.807, 2.05) is 6.07 Å². The van der Waals surface area contributed by atoms with Crippen LogP contribution < -0.4 is 0 Å². The van der Waals surface area contributed by atoms with Gasteiger partial charge in [0.15, 0.2) is 0 Å². The summed E-state index contributed by atoms with van der Waals surface area (Å²) in [5.41, 5.74) is 1.49. The third-order valence-electron chi connectivity index (χ3n) is 1.94. The van der Waals surface area contributed by atoms with Gasteiger partial charge in [-0.15, -0.1) is 0 Å². The lowest BCUT2D eigenvalue weighted by Crippen LogP contribution is -1.85. The van der Waals surface area contributed by atoms with E-state index in [0.717, 1.165) is 22.5 Å². The second-order valence-corrected chi connectivity index (χ2v) is 3.42. The Kier molecular flexibility index (Phi) is 2.43. The molecule has 76 valence electrons. The lowest BCUT2D eigenvalue weighted by atomic mass is 10.1. The van der Waals surface area contributed by atoms with Crippen molar-refractivity contribution in [3.63, 3.8) is 0 Å². The van der Waals surface area contributed by atoms with E-state index in [2.05, 4.69) is 10.2 Å². The first-order valence-electron chi connectivity index (χ1n) is 4.20. The van der Waals surface area contributed by atoms with Gasteiger partial charge >= 0.3 is 5.97 Å². The Morgan fingerprint density at radius 2 is 2.33 bits per heavy atom. The highest BCUT2D eigenvalue weighted by Gasteiger charge is 2.02. The van der Waals surface area contributed by atoms with Crippen LogP contribution in [0.4, 0.5) is 0 Å². The Morgan fingerprint density at radius 3 is 3.07 bits per heavy atom. The van der Waals surface area contributed by atoms with Crippen molar-refractivity contribution in [2.75, 3.05) is 0 Å². The summed E-state index contributed by atoms with van der Waals surface area (Å²) in [6, 6.07) is 3.49. The number of benzene rings is 1. The van der Waals surface area contributed by atoms with Crippen LogP contribution in [0, 0.1) is 0 Å². The number of rotatable bonds is 2. The average Bonchev–Trinajstić information content (AvgIpc) is 2.63. The van der Waals surface area contributed by atoms with Crippen LogP contribution in [-0.4, -0.2) is 21.3 Å². The second-order valence-electron chi connectivity index (χ2n) is 3.01. The zero-order valence-corrected chi connectivity index (χ0v) is 8.32. The van der Waals surface area contributed by atoms with Crippen LogP contribution in [0.5, 0.6) is 0 Å². The fourth-order valence-corrected chi connectivity index (χ4v) is 1.58. The largest absolute Gasteiger partial charge is 0.478 e. The number of aromatic nitrogens is 2. The highest BCUT2D eigenvalue weighted by atomic mass is 35.5. The van der Waals surface area contributed by atoms with Crippen molar-refractivity contribution in [1.82, 2.24) is 10.2 Å². The number of aliphatic carboxylic acids is 1. The average molecular weight is 223 g/mol. The van der Waals surface area contributed by atoms with Gasteiger partial charge in [-0.1, -0.05) is 11.6 Å². The number of hydrogen-bond donors (Lipinski definition) is 2. The number of halogens is 1. The maximum absolute atomic E-state index is 10.3. The van der Waals surface area contributed by atoms with E-state index in [1.165, 1.54) is 6.08 Å². The number of nitrogens with one attached hydrogen (secondary N) is 1. The molecule has 5 heteroatoms. The van der Waals surface area contributed by atoms with Crippen molar-refractivity contribution >= 4 is 34.5 Å². The molecule has 2 rings (SSSR count). The van der Waals surface area contributed by atoms with Crippen molar-refractivity contribution < 1.29 is 9.90 Å². The monoisotopic (exact) mass is 222 g/mol. The first kappa shape index (κ1) is 9.73. The number of carbonyl (C=O) groups is 1. The van der Waals surface area contributed by atoms with Gasteiger partial charge in [-0.2, -0.15) is 5.10 Å². The highest BCUT2D eigenvalue weighted by Crippen LogP contribution is 2.23. The normalized spacial score (nSPS) is 11.3. The fourth-order valence-electron chi connectivity index (χ4n) is 1.30. The minimum absolute atomic E-state index is 0.523. The molecule has 0 saturated carbocycles. The molecule has 0 unspecified atom stereocenters. The summed E-state index contributed by atoms with van der Waals surface area (Å²) in [6.07, 6.45) is 4.19. The van der Waals surface area contributed by atoms with E-state index in [0.29, 0.717) is 5.02 Å². The van der Waals surface area contributed by atoms with Gasteiger partial charge in [0.2, 0.25) is 0 Å². The Balaban J connectivity index is 2.49. The van der Waals surface area contributed by atoms with Crippen LogP contribution in [0.1, 0.15) is 5.56 Å². The molecule has 1 aromatic heterocycles. The van der Waals surface area contributed by atoms with E-state index in [9.17, 15) is 4.79 Å². The van der Waals surface area contributed by atoms with Crippen LogP contribution in [0.15, 0.2) is 24.4 Å². The molecule has 2 N–H and O–H groups in total. The van der Waals surface area contributed by atoms with E-state index < -0.39 is 5.97 Å². The number of hydrogen-bond acceptors (Lipinski definition) is 2. The molecule has 0 saturated heterocycles. The Hall–Kier alpha value is -1.81. The maximum Gasteiger partial charge on any atom is 0.328 e. The number of nitrogens with zero attached hydrogens (tertiary/aromatic N) is 1. The molecule has 15 heavy (non-hydrogen) atoms. The summed E-state index contributed by atoms with van der Waals surface area (Å²) in [5, 5.41) is 16.5. The molecule has 0 spiro atoms. The summed E-state index contributed by atoms with van der Waals surface area (Å²) < 4.78 is 0. The summed E-state index contributed by atoms with van der Waals surface area (Å²) >= 11 is 5.97. The SMILES string of the molecule is O=C(O)/C=C/c1cc(Cl)c2[nH]ncc2c1. The Labute approximate surface area is 90.2 Å². The predicted octanol–water partition coefficient (Wildman–Crippen LogP) is 2.31. The predicted molar refractivity (Wildman–Crippen MR) is 57.8 cm³/mol. The van der Waals surface area contributed by atoms with Crippen molar-refractivity contribution in [3.8, 4) is 0 Å². The van der Waals surface area contributed by atoms with Crippen LogP contribution in [0.3, 0.4) is 0 Å². The fraction of sp³-hybridized carbons (Fsp3) is 0. The van der Waals surface area contributed by atoms with Crippen LogP contribution in [0.2, 0.25) is 5.02 Å². The molecule has 0 amide bonds. The van der Waals surface area contributed by atoms with Gasteiger partial charge in [-0.3, -0.25) is 5.10 Å². The van der Waals surface area contributed by atoms with Crippen molar-refractivity contribution in [2.45, 2.75) is 0 Å². The molecule has 2 aromatic rings. The maximum atomic E-state index is 10.3. The quantitative estimate of drug-likeness (QED) is 0.767. The minimum atomic E-state index is -0.988. The van der Waals surface area contributed by atoms with Crippen molar-refractivity contribution in [1.29, 1.82) is 0 Å². The Bertz CT molecular complexity index is 545. The van der Waals surface area contributed by atoms with Crippen molar-refractivity contribution in [2.24, 2.45) is 0 Å². The summed E-state index contributed by atoms with van der Waals surface area (Å²) in [7, 11) is 0. The molecular weight excluding hydrogens is 216 g/mol. The standard InChI is InChI=1S/C10H7ClN2O2/c11-8-4-6(1-2-9(14)15)3-7-5-12-13-10(7)8/h1-5H,(H,12,13)(H,14,15)/b2-1+. The van der Waals surface area contributed by atoms with Crippen LogP contribution in [-0.2, 0) is 4.79 Å². The number of aromatic amines is 1. The van der Waals surface area contributed by atoms with E-state index in [4.69, 9.17) is 16.7 Å². The lowest BCUT2D eigenvalue weighted by molar-refractivity contribution is -0.131. The zero-order chi connectivity index (χ0) is 10.8. The molecule has 0 aliphatic heterocycles. The number of carboxylic acid groups (broad SMARTS) is 1. The van der Waals surface area contributed by atoms with Gasteiger partial charge in [0.25, 0.3) is 0 Å². The Morgan fingerprint density at radius 1 is 1.53 bits per heavy atom. The van der Waals surface area contributed by atoms with E-state index >= 15 is 0 Å². The third-order valence-corrected chi connectivity index (χ3v) is 2.24. The molecule has 0 fully saturated rings. The minimum Gasteiger partial charge on any atom is -0.478 e. The van der Waals surface area contributed by atoms with Gasteiger partial charge in [-0.25, -0.2) is 4.79 Å². The van der Waals surface area contributed by atoms with Gasteiger partial charge in [0, 0.05) is 11.5 Å². The smallest absolute Gasteiger partial charge is 0.328 e. The molecule has 0 atom stereocenters. The lowest BCUT2D eigenvalue weighted by Gasteiger charge is -1.96. The summed E-state index contributed by atoms with van der Waals surface area (Å²) in [5.74, 6) is -0.988. The molecule has 0 bridgehead atoms. The van der Waals surface area contributed by atoms with Crippen molar-refractivity contribution in [3.05, 3.63) is 35.0 Å². The number of fused-ring (bicyclic) bond motifs is 1. The number of H-pyrrole nitrogens is 1. The molecule has 4 nitrogen and oxygen atoms in total.